The van der Waals surface area contributed by atoms with Crippen LogP contribution in [-0.2, 0) is 16.8 Å². The van der Waals surface area contributed by atoms with E-state index in [0.29, 0.717) is 23.2 Å². The van der Waals surface area contributed by atoms with E-state index in [9.17, 15) is 4.79 Å². The Kier molecular flexibility index (Phi) is 8.33. The van der Waals surface area contributed by atoms with Crippen molar-refractivity contribution in [1.29, 1.82) is 0 Å². The second-order valence-corrected chi connectivity index (χ2v) is 9.51. The lowest BCUT2D eigenvalue weighted by Crippen LogP contribution is -2.20. The summed E-state index contributed by atoms with van der Waals surface area (Å²) in [7, 11) is 3.16. The van der Waals surface area contributed by atoms with E-state index >= 15 is 0 Å². The number of nitrogens with zero attached hydrogens (tertiary/aromatic N) is 4. The lowest BCUT2D eigenvalue weighted by Gasteiger charge is -2.19. The van der Waals surface area contributed by atoms with E-state index in [2.05, 4.69) is 65.8 Å². The molecule has 1 amide bonds. The van der Waals surface area contributed by atoms with Crippen molar-refractivity contribution in [3.63, 3.8) is 0 Å². The minimum absolute atomic E-state index is 0.0896. The van der Waals surface area contributed by atoms with E-state index in [1.165, 1.54) is 23.5 Å². The number of rotatable bonds is 9. The molecule has 0 saturated carbocycles. The van der Waals surface area contributed by atoms with E-state index in [4.69, 9.17) is 9.47 Å². The summed E-state index contributed by atoms with van der Waals surface area (Å²) >= 11 is 1.32. The quantitative estimate of drug-likeness (QED) is 0.274. The third kappa shape index (κ3) is 6.17. The van der Waals surface area contributed by atoms with Crippen molar-refractivity contribution in [1.82, 2.24) is 20.2 Å². The Morgan fingerprint density at radius 2 is 1.85 bits per heavy atom. The number of methoxy groups -OCH3 is 2. The van der Waals surface area contributed by atoms with Crippen molar-refractivity contribution < 1.29 is 14.3 Å². The van der Waals surface area contributed by atoms with Gasteiger partial charge in [0.05, 0.1) is 26.2 Å². The molecule has 2 aromatic carbocycles. The number of ether oxygens (including phenoxy) is 2. The molecular formula is C25H31N5O3S. The Balaban J connectivity index is 1.62. The predicted molar refractivity (Wildman–Crippen MR) is 136 cm³/mol. The van der Waals surface area contributed by atoms with Crippen molar-refractivity contribution in [3.05, 3.63) is 53.6 Å². The molecular weight excluding hydrogens is 450 g/mol. The lowest BCUT2D eigenvalue weighted by atomic mass is 9.87. The maximum atomic E-state index is 12.3. The van der Waals surface area contributed by atoms with Crippen LogP contribution in [0, 0.1) is 0 Å². The largest absolute Gasteiger partial charge is 0.497 e. The molecule has 1 aromatic heterocycles. The number of hydrogen-bond donors (Lipinski definition) is 1. The van der Waals surface area contributed by atoms with Crippen LogP contribution < -0.4 is 14.9 Å². The van der Waals surface area contributed by atoms with Gasteiger partial charge in [0.15, 0.2) is 11.0 Å². The van der Waals surface area contributed by atoms with Crippen LogP contribution in [0.4, 0.5) is 0 Å². The summed E-state index contributed by atoms with van der Waals surface area (Å²) in [5.74, 6) is 1.99. The van der Waals surface area contributed by atoms with Crippen LogP contribution in [0.3, 0.4) is 0 Å². The fourth-order valence-electron chi connectivity index (χ4n) is 3.27. The number of thioether (sulfide) groups is 1. The molecule has 3 rings (SSSR count). The number of amides is 1. The van der Waals surface area contributed by atoms with Gasteiger partial charge in [0.1, 0.15) is 11.5 Å². The fourth-order valence-corrected chi connectivity index (χ4v) is 4.07. The highest BCUT2D eigenvalue weighted by Crippen LogP contribution is 2.28. The van der Waals surface area contributed by atoms with E-state index in [-0.39, 0.29) is 17.1 Å². The van der Waals surface area contributed by atoms with E-state index in [1.54, 1.807) is 32.4 Å². The molecule has 3 aromatic rings. The van der Waals surface area contributed by atoms with Gasteiger partial charge < -0.3 is 14.0 Å². The Labute approximate surface area is 204 Å². The molecule has 180 valence electrons. The van der Waals surface area contributed by atoms with Gasteiger partial charge in [0.2, 0.25) is 0 Å². The van der Waals surface area contributed by atoms with Gasteiger partial charge in [0.25, 0.3) is 5.91 Å². The molecule has 34 heavy (non-hydrogen) atoms. The smallest absolute Gasteiger partial charge is 0.250 e. The minimum Gasteiger partial charge on any atom is -0.497 e. The average Bonchev–Trinajstić information content (AvgIpc) is 3.25. The number of carbonyl (C=O) groups excluding carboxylic acids is 1. The van der Waals surface area contributed by atoms with Crippen molar-refractivity contribution in [2.75, 3.05) is 20.0 Å². The van der Waals surface area contributed by atoms with Gasteiger partial charge in [-0.25, -0.2) is 5.43 Å². The van der Waals surface area contributed by atoms with Crippen LogP contribution in [-0.4, -0.2) is 46.9 Å². The van der Waals surface area contributed by atoms with Crippen LogP contribution >= 0.6 is 11.8 Å². The second-order valence-electron chi connectivity index (χ2n) is 8.57. The third-order valence-electron chi connectivity index (χ3n) is 5.21. The van der Waals surface area contributed by atoms with Gasteiger partial charge in [-0.15, -0.1) is 10.2 Å². The Morgan fingerprint density at radius 1 is 1.12 bits per heavy atom. The number of aromatic nitrogens is 3. The zero-order valence-corrected chi connectivity index (χ0v) is 21.3. The summed E-state index contributed by atoms with van der Waals surface area (Å²) in [6.07, 6.45) is 1.54. The van der Waals surface area contributed by atoms with E-state index < -0.39 is 0 Å². The number of hydrogen-bond acceptors (Lipinski definition) is 7. The number of carbonyl (C=O) groups is 1. The highest BCUT2D eigenvalue weighted by molar-refractivity contribution is 7.99. The molecule has 0 unspecified atom stereocenters. The number of hydrazone groups is 1. The van der Waals surface area contributed by atoms with Gasteiger partial charge in [-0.3, -0.25) is 4.79 Å². The van der Waals surface area contributed by atoms with Crippen molar-refractivity contribution >= 4 is 23.9 Å². The minimum atomic E-state index is -0.240. The molecule has 0 bridgehead atoms. The molecule has 8 nitrogen and oxygen atoms in total. The normalized spacial score (nSPS) is 11.6. The molecule has 1 N–H and O–H groups in total. The molecule has 0 aliphatic rings. The van der Waals surface area contributed by atoms with Crippen LogP contribution in [0.2, 0.25) is 0 Å². The van der Waals surface area contributed by atoms with E-state index in [1.807, 2.05) is 11.5 Å². The topological polar surface area (TPSA) is 90.6 Å². The molecule has 0 saturated heterocycles. The summed E-state index contributed by atoms with van der Waals surface area (Å²) in [6.45, 7) is 9.30. The van der Waals surface area contributed by atoms with E-state index in [0.717, 1.165) is 17.0 Å². The van der Waals surface area contributed by atoms with Gasteiger partial charge >= 0.3 is 0 Å². The summed E-state index contributed by atoms with van der Waals surface area (Å²) < 4.78 is 12.5. The molecule has 0 spiro atoms. The number of nitrogens with one attached hydrogen (secondary N) is 1. The van der Waals surface area contributed by atoms with Gasteiger partial charge in [-0.1, -0.05) is 56.8 Å². The molecule has 0 radical (unpaired) electrons. The van der Waals surface area contributed by atoms with Crippen molar-refractivity contribution in [2.45, 2.75) is 44.8 Å². The van der Waals surface area contributed by atoms with Gasteiger partial charge in [-0.05, 0) is 30.0 Å². The average molecular weight is 482 g/mol. The van der Waals surface area contributed by atoms with Gasteiger partial charge in [0, 0.05) is 23.7 Å². The number of benzene rings is 2. The predicted octanol–water partition coefficient (Wildman–Crippen LogP) is 4.52. The summed E-state index contributed by atoms with van der Waals surface area (Å²) in [6, 6.07) is 13.7. The van der Waals surface area contributed by atoms with Crippen molar-refractivity contribution in [3.8, 4) is 22.9 Å². The zero-order valence-electron chi connectivity index (χ0n) is 20.5. The standard InChI is InChI=1S/C25H31N5O3S/c1-7-30-23(17-8-11-19(12-9-17)25(2,3)4)28-29-24(30)34-16-22(31)27-26-15-18-10-13-20(32-5)14-21(18)33-6/h8-15H,7,16H2,1-6H3,(H,27,31)/b26-15-. The molecule has 0 atom stereocenters. The fraction of sp³-hybridized carbons (Fsp3) is 0.360. The second kappa shape index (κ2) is 11.2. The van der Waals surface area contributed by atoms with Crippen LogP contribution in [0.25, 0.3) is 11.4 Å². The van der Waals surface area contributed by atoms with Crippen molar-refractivity contribution in [2.24, 2.45) is 5.10 Å². The molecule has 0 fully saturated rings. The Morgan fingerprint density at radius 3 is 2.47 bits per heavy atom. The molecule has 9 heteroatoms. The maximum Gasteiger partial charge on any atom is 0.250 e. The SMILES string of the molecule is CCn1c(SCC(=O)N/N=C\c2ccc(OC)cc2OC)nnc1-c1ccc(C(C)(C)C)cc1. The summed E-state index contributed by atoms with van der Waals surface area (Å²) in [4.78, 5) is 12.3. The third-order valence-corrected chi connectivity index (χ3v) is 6.17. The molecule has 1 heterocycles. The van der Waals surface area contributed by atoms with Crippen LogP contribution in [0.5, 0.6) is 11.5 Å². The summed E-state index contributed by atoms with van der Waals surface area (Å²) in [5, 5.41) is 13.4. The molecule has 0 aliphatic heterocycles. The zero-order chi connectivity index (χ0) is 24.7. The van der Waals surface area contributed by atoms with Crippen LogP contribution in [0.15, 0.2) is 52.7 Å². The summed E-state index contributed by atoms with van der Waals surface area (Å²) in [5.41, 5.74) is 5.62. The molecule has 0 aliphatic carbocycles. The first-order valence-corrected chi connectivity index (χ1v) is 12.0. The van der Waals surface area contributed by atoms with Gasteiger partial charge in [-0.2, -0.15) is 5.10 Å². The maximum absolute atomic E-state index is 12.3. The Hall–Kier alpha value is -3.33. The first kappa shape index (κ1) is 25.3. The van der Waals surface area contributed by atoms with Crippen LogP contribution in [0.1, 0.15) is 38.8 Å². The highest BCUT2D eigenvalue weighted by Gasteiger charge is 2.17. The Bertz CT molecular complexity index is 1150. The first-order chi connectivity index (χ1) is 16.3. The lowest BCUT2D eigenvalue weighted by molar-refractivity contribution is -0.118. The highest BCUT2D eigenvalue weighted by atomic mass is 32.2. The first-order valence-electron chi connectivity index (χ1n) is 11.0. The monoisotopic (exact) mass is 481 g/mol.